The van der Waals surface area contributed by atoms with Crippen molar-refractivity contribution in [3.05, 3.63) is 35.4 Å². The van der Waals surface area contributed by atoms with Gasteiger partial charge in [-0.25, -0.2) is 0 Å². The van der Waals surface area contributed by atoms with Gasteiger partial charge in [0.05, 0.1) is 12.0 Å². The van der Waals surface area contributed by atoms with E-state index < -0.39 is 0 Å². The minimum absolute atomic E-state index is 0.0681. The van der Waals surface area contributed by atoms with Crippen LogP contribution < -0.4 is 5.32 Å². The van der Waals surface area contributed by atoms with Crippen LogP contribution in [0.1, 0.15) is 28.2 Å². The molecule has 1 unspecified atom stereocenters. The van der Waals surface area contributed by atoms with E-state index in [-0.39, 0.29) is 12.0 Å². The monoisotopic (exact) mass is 239 g/mol. The molecule has 0 aliphatic carbocycles. The van der Waals surface area contributed by atoms with Gasteiger partial charge in [-0.3, -0.25) is 4.79 Å². The van der Waals surface area contributed by atoms with E-state index in [1.54, 1.807) is 11.8 Å². The summed E-state index contributed by atoms with van der Waals surface area (Å²) in [6, 6.07) is 7.53. The maximum absolute atomic E-state index is 10.9. The van der Waals surface area contributed by atoms with Crippen molar-refractivity contribution in [3.8, 4) is 0 Å². The van der Waals surface area contributed by atoms with E-state index in [1.165, 1.54) is 0 Å². The Kier molecular flexibility index (Phi) is 6.15. The molecule has 0 bridgehead atoms. The fourth-order valence-corrected chi connectivity index (χ4v) is 2.49. The van der Waals surface area contributed by atoms with Crippen LogP contribution in [0.5, 0.6) is 0 Å². The van der Waals surface area contributed by atoms with Gasteiger partial charge in [-0.15, -0.1) is 11.8 Å². The van der Waals surface area contributed by atoms with Crippen molar-refractivity contribution in [3.63, 3.8) is 0 Å². The van der Waals surface area contributed by atoms with E-state index in [9.17, 15) is 4.79 Å². The van der Waals surface area contributed by atoms with Crippen LogP contribution in [0, 0.1) is 0 Å². The minimum Gasteiger partial charge on any atom is -0.396 e. The third-order valence-electron chi connectivity index (χ3n) is 2.17. The second-order valence-electron chi connectivity index (χ2n) is 3.28. The van der Waals surface area contributed by atoms with Crippen molar-refractivity contribution in [2.45, 2.75) is 12.3 Å². The van der Waals surface area contributed by atoms with Gasteiger partial charge < -0.3 is 10.4 Å². The highest BCUT2D eigenvalue weighted by atomic mass is 32.2. The van der Waals surface area contributed by atoms with E-state index in [1.807, 2.05) is 31.2 Å². The second kappa shape index (κ2) is 7.44. The molecule has 88 valence electrons. The summed E-state index contributed by atoms with van der Waals surface area (Å²) in [6.07, 6.45) is 0.874. The van der Waals surface area contributed by atoms with Crippen molar-refractivity contribution in [1.82, 2.24) is 5.32 Å². The van der Waals surface area contributed by atoms with E-state index in [4.69, 9.17) is 5.11 Å². The number of hydrogen-bond acceptors (Lipinski definition) is 4. The summed E-state index contributed by atoms with van der Waals surface area (Å²) in [4.78, 5) is 10.9. The quantitative estimate of drug-likeness (QED) is 0.563. The van der Waals surface area contributed by atoms with Crippen molar-refractivity contribution < 1.29 is 9.90 Å². The SMILES string of the molecule is CCNC(SCCO)c1ccccc1C=O. The van der Waals surface area contributed by atoms with Gasteiger partial charge in [0.25, 0.3) is 0 Å². The molecule has 0 fully saturated rings. The molecule has 0 saturated heterocycles. The summed E-state index contributed by atoms with van der Waals surface area (Å²) < 4.78 is 0. The molecule has 3 nitrogen and oxygen atoms in total. The van der Waals surface area contributed by atoms with Crippen LogP contribution in [0.25, 0.3) is 0 Å². The molecule has 1 atom stereocenters. The predicted molar refractivity (Wildman–Crippen MR) is 67.8 cm³/mol. The third kappa shape index (κ3) is 3.63. The summed E-state index contributed by atoms with van der Waals surface area (Å²) in [5, 5.41) is 12.2. The van der Waals surface area contributed by atoms with Gasteiger partial charge >= 0.3 is 0 Å². The van der Waals surface area contributed by atoms with Crippen LogP contribution in [0.3, 0.4) is 0 Å². The lowest BCUT2D eigenvalue weighted by molar-refractivity contribution is 0.112. The number of rotatable bonds is 7. The minimum atomic E-state index is 0.0681. The molecule has 0 aromatic heterocycles. The zero-order chi connectivity index (χ0) is 11.8. The highest BCUT2D eigenvalue weighted by Gasteiger charge is 2.13. The number of aliphatic hydroxyl groups excluding tert-OH is 1. The number of aliphatic hydroxyl groups is 1. The largest absolute Gasteiger partial charge is 0.396 e. The Balaban J connectivity index is 2.85. The molecule has 0 amide bonds. The average Bonchev–Trinajstić information content (AvgIpc) is 2.34. The molecule has 0 heterocycles. The fourth-order valence-electron chi connectivity index (χ4n) is 1.47. The van der Waals surface area contributed by atoms with Crippen LogP contribution in [0.2, 0.25) is 0 Å². The van der Waals surface area contributed by atoms with Crippen molar-refractivity contribution in [2.24, 2.45) is 0 Å². The number of thioether (sulfide) groups is 1. The lowest BCUT2D eigenvalue weighted by Gasteiger charge is -2.18. The zero-order valence-corrected chi connectivity index (χ0v) is 10.2. The molecule has 0 radical (unpaired) electrons. The molecule has 0 spiro atoms. The lowest BCUT2D eigenvalue weighted by atomic mass is 10.1. The molecule has 1 aromatic rings. The smallest absolute Gasteiger partial charge is 0.150 e. The second-order valence-corrected chi connectivity index (χ2v) is 4.49. The number of benzene rings is 1. The summed E-state index contributed by atoms with van der Waals surface area (Å²) in [6.45, 7) is 3.00. The van der Waals surface area contributed by atoms with Gasteiger partial charge in [0.15, 0.2) is 0 Å². The Morgan fingerprint density at radius 1 is 1.50 bits per heavy atom. The number of nitrogens with one attached hydrogen (secondary N) is 1. The van der Waals surface area contributed by atoms with Crippen LogP contribution in [-0.4, -0.2) is 30.3 Å². The standard InChI is InChI=1S/C12H17NO2S/c1-2-13-12(16-8-7-14)11-6-4-3-5-10(11)9-15/h3-6,9,12-14H,2,7-8H2,1H3. The first-order valence-corrected chi connectivity index (χ1v) is 6.38. The molecular formula is C12H17NO2S. The van der Waals surface area contributed by atoms with Gasteiger partial charge in [-0.1, -0.05) is 31.2 Å². The molecular weight excluding hydrogens is 222 g/mol. The Morgan fingerprint density at radius 3 is 2.88 bits per heavy atom. The first kappa shape index (κ1) is 13.2. The molecule has 2 N–H and O–H groups in total. The number of carbonyl (C=O) groups excluding carboxylic acids is 1. The van der Waals surface area contributed by atoms with Gasteiger partial charge in [-0.05, 0) is 12.1 Å². The van der Waals surface area contributed by atoms with E-state index in [0.29, 0.717) is 11.3 Å². The predicted octanol–water partition coefficient (Wildman–Crippen LogP) is 1.83. The highest BCUT2D eigenvalue weighted by molar-refractivity contribution is 7.99. The first-order valence-electron chi connectivity index (χ1n) is 5.33. The number of carbonyl (C=O) groups is 1. The molecule has 0 aliphatic heterocycles. The van der Waals surface area contributed by atoms with Gasteiger partial charge in [0, 0.05) is 11.3 Å². The van der Waals surface area contributed by atoms with E-state index in [2.05, 4.69) is 5.32 Å². The number of aldehydes is 1. The summed E-state index contributed by atoms with van der Waals surface area (Å²) in [5.41, 5.74) is 1.69. The topological polar surface area (TPSA) is 49.3 Å². The summed E-state index contributed by atoms with van der Waals surface area (Å²) in [5.74, 6) is 0.658. The Bertz CT molecular complexity index is 331. The van der Waals surface area contributed by atoms with Crippen molar-refractivity contribution in [1.29, 1.82) is 0 Å². The van der Waals surface area contributed by atoms with Crippen LogP contribution in [0.4, 0.5) is 0 Å². The van der Waals surface area contributed by atoms with Crippen molar-refractivity contribution >= 4 is 18.0 Å². The molecule has 1 rings (SSSR count). The maximum atomic E-state index is 10.9. The zero-order valence-electron chi connectivity index (χ0n) is 9.35. The molecule has 1 aromatic carbocycles. The Hall–Kier alpha value is -0.840. The first-order chi connectivity index (χ1) is 7.83. The van der Waals surface area contributed by atoms with Crippen LogP contribution in [-0.2, 0) is 0 Å². The average molecular weight is 239 g/mol. The van der Waals surface area contributed by atoms with E-state index in [0.717, 1.165) is 18.4 Å². The van der Waals surface area contributed by atoms with Gasteiger partial charge in [0.2, 0.25) is 0 Å². The van der Waals surface area contributed by atoms with Crippen LogP contribution in [0.15, 0.2) is 24.3 Å². The maximum Gasteiger partial charge on any atom is 0.150 e. The van der Waals surface area contributed by atoms with E-state index >= 15 is 0 Å². The molecule has 0 saturated carbocycles. The van der Waals surface area contributed by atoms with Crippen LogP contribution >= 0.6 is 11.8 Å². The number of hydrogen-bond donors (Lipinski definition) is 2. The third-order valence-corrected chi connectivity index (χ3v) is 3.34. The Morgan fingerprint density at radius 2 is 2.25 bits per heavy atom. The molecule has 0 aliphatic rings. The van der Waals surface area contributed by atoms with Gasteiger partial charge in [-0.2, -0.15) is 0 Å². The normalized spacial score (nSPS) is 12.4. The highest BCUT2D eigenvalue weighted by Crippen LogP contribution is 2.27. The Labute approximate surface area is 100 Å². The summed E-state index contributed by atoms with van der Waals surface area (Å²) in [7, 11) is 0. The van der Waals surface area contributed by atoms with Gasteiger partial charge in [0.1, 0.15) is 6.29 Å². The molecule has 16 heavy (non-hydrogen) atoms. The fraction of sp³-hybridized carbons (Fsp3) is 0.417. The molecule has 4 heteroatoms. The summed E-state index contributed by atoms with van der Waals surface area (Å²) >= 11 is 1.61. The van der Waals surface area contributed by atoms with Crippen molar-refractivity contribution in [2.75, 3.05) is 18.9 Å². The lowest BCUT2D eigenvalue weighted by Crippen LogP contribution is -2.20.